The highest BCUT2D eigenvalue weighted by Crippen LogP contribution is 2.41. The number of ether oxygens (including phenoxy) is 1. The van der Waals surface area contributed by atoms with Gasteiger partial charge in [-0.3, -0.25) is 0 Å². The first-order chi connectivity index (χ1) is 14.1. The molecule has 2 aliphatic heterocycles. The molecule has 2 bridgehead atoms. The summed E-state index contributed by atoms with van der Waals surface area (Å²) in [5.41, 5.74) is 0.389. The molecular weight excluding hydrogens is 362 g/mol. The molecule has 0 radical (unpaired) electrons. The Morgan fingerprint density at radius 3 is 2.45 bits per heavy atom. The number of fused-ring (bicyclic) bond motifs is 2. The largest absolute Gasteiger partial charge is 0.445 e. The Labute approximate surface area is 175 Å². The first-order valence-corrected chi connectivity index (χ1v) is 11.4. The van der Waals surface area contributed by atoms with E-state index < -0.39 is 5.60 Å². The molecule has 2 atom stereocenters. The Morgan fingerprint density at radius 1 is 1.10 bits per heavy atom. The van der Waals surface area contributed by atoms with Crippen molar-refractivity contribution in [3.05, 3.63) is 48.6 Å². The van der Waals surface area contributed by atoms with Crippen LogP contribution in [0.4, 0.5) is 4.79 Å². The molecule has 1 amide bonds. The smallest absolute Gasteiger partial charge is 0.410 e. The fraction of sp³-hybridized carbons (Fsp3) is 0.640. The monoisotopic (exact) mass is 399 g/mol. The van der Waals surface area contributed by atoms with E-state index in [4.69, 9.17) is 4.74 Å². The number of allylic oxidation sites excluding steroid dienone is 1. The van der Waals surface area contributed by atoms with Crippen LogP contribution in [-0.4, -0.2) is 33.8 Å². The predicted octanol–water partition coefficient (Wildman–Crippen LogP) is 5.99. The zero-order valence-corrected chi connectivity index (χ0v) is 17.7. The van der Waals surface area contributed by atoms with Crippen LogP contribution in [0.2, 0.25) is 0 Å². The molecule has 2 unspecified atom stereocenters. The van der Waals surface area contributed by atoms with Gasteiger partial charge in [0.2, 0.25) is 0 Å². The number of unbranched alkanes of at least 4 members (excludes halogenated alkanes) is 5. The summed E-state index contributed by atoms with van der Waals surface area (Å²) in [6, 6.07) is 10.0. The highest BCUT2D eigenvalue weighted by molar-refractivity contribution is 5.69. The average Bonchev–Trinajstić information content (AvgIpc) is 2.71. The van der Waals surface area contributed by atoms with E-state index in [1.807, 2.05) is 41.3 Å². The quantitative estimate of drug-likeness (QED) is 0.388. The number of carbonyl (C=O) groups is 1. The standard InChI is InChI=1S/C25H37NO3/c1-2-3-4-5-6-7-11-17-25(28)18-22-15-12-16-23(19-25)26(22)24(27)29-20-21-13-9-8-10-14-21/h2,8-10,13-14,22-23,28H,1,3-7,11-12,15-20H2. The molecule has 29 heavy (non-hydrogen) atoms. The topological polar surface area (TPSA) is 49.8 Å². The van der Waals surface area contributed by atoms with Crippen molar-refractivity contribution in [1.82, 2.24) is 4.90 Å². The zero-order valence-electron chi connectivity index (χ0n) is 17.7. The SMILES string of the molecule is C=CCCCCCCCC1(O)CC2CCCC(C1)N2C(=O)OCc1ccccc1. The Kier molecular flexibility index (Phi) is 8.17. The summed E-state index contributed by atoms with van der Waals surface area (Å²) in [5.74, 6) is 0. The van der Waals surface area contributed by atoms with E-state index >= 15 is 0 Å². The van der Waals surface area contributed by atoms with Crippen molar-refractivity contribution in [1.29, 1.82) is 0 Å². The van der Waals surface area contributed by atoms with Gasteiger partial charge in [-0.05, 0) is 56.9 Å². The van der Waals surface area contributed by atoms with E-state index in [-0.39, 0.29) is 18.2 Å². The second-order valence-electron chi connectivity index (χ2n) is 8.91. The maximum atomic E-state index is 12.8. The van der Waals surface area contributed by atoms with Gasteiger partial charge in [0.05, 0.1) is 5.60 Å². The molecule has 2 saturated heterocycles. The fourth-order valence-electron chi connectivity index (χ4n) is 5.10. The molecule has 0 aromatic heterocycles. The van der Waals surface area contributed by atoms with Gasteiger partial charge in [-0.2, -0.15) is 0 Å². The molecular formula is C25H37NO3. The van der Waals surface area contributed by atoms with Crippen LogP contribution in [0, 0.1) is 0 Å². The summed E-state index contributed by atoms with van der Waals surface area (Å²) >= 11 is 0. The number of aliphatic hydroxyl groups is 1. The first-order valence-electron chi connectivity index (χ1n) is 11.4. The van der Waals surface area contributed by atoms with Crippen LogP contribution in [-0.2, 0) is 11.3 Å². The lowest BCUT2D eigenvalue weighted by Crippen LogP contribution is -2.59. The molecule has 3 rings (SSSR count). The maximum Gasteiger partial charge on any atom is 0.410 e. The van der Waals surface area contributed by atoms with Crippen molar-refractivity contribution in [3.63, 3.8) is 0 Å². The Morgan fingerprint density at radius 2 is 1.76 bits per heavy atom. The minimum atomic E-state index is -0.618. The minimum absolute atomic E-state index is 0.114. The van der Waals surface area contributed by atoms with Crippen LogP contribution >= 0.6 is 0 Å². The third-order valence-electron chi connectivity index (χ3n) is 6.56. The van der Waals surface area contributed by atoms with Gasteiger partial charge in [0.25, 0.3) is 0 Å². The normalized spacial score (nSPS) is 26.2. The third kappa shape index (κ3) is 6.33. The molecule has 0 spiro atoms. The fourth-order valence-corrected chi connectivity index (χ4v) is 5.10. The molecule has 4 heteroatoms. The summed E-state index contributed by atoms with van der Waals surface area (Å²) in [5, 5.41) is 11.2. The molecule has 0 aliphatic carbocycles. The highest BCUT2D eigenvalue weighted by atomic mass is 16.6. The van der Waals surface area contributed by atoms with Crippen LogP contribution in [0.5, 0.6) is 0 Å². The lowest BCUT2D eigenvalue weighted by molar-refractivity contribution is -0.0899. The van der Waals surface area contributed by atoms with E-state index in [0.29, 0.717) is 19.4 Å². The van der Waals surface area contributed by atoms with Crippen LogP contribution in [0.25, 0.3) is 0 Å². The van der Waals surface area contributed by atoms with Gasteiger partial charge in [-0.25, -0.2) is 4.79 Å². The molecule has 2 aliphatic rings. The highest BCUT2D eigenvalue weighted by Gasteiger charge is 2.47. The summed E-state index contributed by atoms with van der Waals surface area (Å²) < 4.78 is 5.62. The molecule has 2 heterocycles. The molecule has 0 saturated carbocycles. The minimum Gasteiger partial charge on any atom is -0.445 e. The van der Waals surface area contributed by atoms with Gasteiger partial charge in [-0.15, -0.1) is 6.58 Å². The number of piperidine rings is 2. The number of amides is 1. The van der Waals surface area contributed by atoms with Crippen molar-refractivity contribution in [2.45, 2.75) is 101 Å². The van der Waals surface area contributed by atoms with E-state index in [1.165, 1.54) is 25.7 Å². The molecule has 1 aromatic rings. The summed E-state index contributed by atoms with van der Waals surface area (Å²) in [4.78, 5) is 14.7. The lowest BCUT2D eigenvalue weighted by Gasteiger charge is -2.51. The predicted molar refractivity (Wildman–Crippen MR) is 117 cm³/mol. The number of hydrogen-bond donors (Lipinski definition) is 1. The van der Waals surface area contributed by atoms with Gasteiger partial charge in [-0.1, -0.05) is 62.1 Å². The second-order valence-corrected chi connectivity index (χ2v) is 8.91. The van der Waals surface area contributed by atoms with Gasteiger partial charge >= 0.3 is 6.09 Å². The number of nitrogens with zero attached hydrogens (tertiary/aromatic N) is 1. The van der Waals surface area contributed by atoms with Crippen LogP contribution < -0.4 is 0 Å². The third-order valence-corrected chi connectivity index (χ3v) is 6.56. The van der Waals surface area contributed by atoms with Crippen molar-refractivity contribution >= 4 is 6.09 Å². The maximum absolute atomic E-state index is 12.8. The Hall–Kier alpha value is -1.81. The zero-order chi connectivity index (χ0) is 20.5. The van der Waals surface area contributed by atoms with Gasteiger partial charge in [0.15, 0.2) is 0 Å². The molecule has 4 nitrogen and oxygen atoms in total. The van der Waals surface area contributed by atoms with Crippen molar-refractivity contribution in [3.8, 4) is 0 Å². The second kappa shape index (κ2) is 10.8. The lowest BCUT2D eigenvalue weighted by atomic mass is 9.73. The van der Waals surface area contributed by atoms with E-state index in [9.17, 15) is 9.90 Å². The van der Waals surface area contributed by atoms with Gasteiger partial charge in [0, 0.05) is 12.1 Å². The van der Waals surface area contributed by atoms with Crippen LogP contribution in [0.15, 0.2) is 43.0 Å². The number of hydrogen-bond acceptors (Lipinski definition) is 3. The number of carbonyl (C=O) groups excluding carboxylic acids is 1. The summed E-state index contributed by atoms with van der Waals surface area (Å²) in [7, 11) is 0. The summed E-state index contributed by atoms with van der Waals surface area (Å²) in [6.07, 6.45) is 14.1. The molecule has 160 valence electrons. The van der Waals surface area contributed by atoms with Gasteiger partial charge < -0.3 is 14.7 Å². The number of rotatable bonds is 10. The van der Waals surface area contributed by atoms with Crippen LogP contribution in [0.3, 0.4) is 0 Å². The van der Waals surface area contributed by atoms with E-state index in [1.54, 1.807) is 0 Å². The van der Waals surface area contributed by atoms with Crippen LogP contribution in [0.1, 0.15) is 82.6 Å². The van der Waals surface area contributed by atoms with Crippen molar-refractivity contribution < 1.29 is 14.6 Å². The Bertz CT molecular complexity index is 631. The molecule has 1 aromatic carbocycles. The Balaban J connectivity index is 1.47. The van der Waals surface area contributed by atoms with E-state index in [0.717, 1.165) is 44.1 Å². The summed E-state index contributed by atoms with van der Waals surface area (Å²) in [6.45, 7) is 4.08. The average molecular weight is 400 g/mol. The number of benzene rings is 1. The molecule has 2 fully saturated rings. The first kappa shape index (κ1) is 21.9. The van der Waals surface area contributed by atoms with Crippen molar-refractivity contribution in [2.24, 2.45) is 0 Å². The van der Waals surface area contributed by atoms with Gasteiger partial charge in [0.1, 0.15) is 6.61 Å². The molecule has 1 N–H and O–H groups in total. The van der Waals surface area contributed by atoms with Crippen molar-refractivity contribution in [2.75, 3.05) is 0 Å². The van der Waals surface area contributed by atoms with E-state index in [2.05, 4.69) is 6.58 Å².